The smallest absolute Gasteiger partial charge is 0.134 e. The largest absolute Gasteiger partial charge is 0.464 e. The van der Waals surface area contributed by atoms with Crippen molar-refractivity contribution in [3.8, 4) is 0 Å². The summed E-state index contributed by atoms with van der Waals surface area (Å²) in [5.74, 6) is 0.571. The summed E-state index contributed by atoms with van der Waals surface area (Å²) in [6.07, 6.45) is 1.91. The molecule has 1 N–H and O–H groups in total. The highest BCUT2D eigenvalue weighted by Gasteiger charge is 2.40. The Labute approximate surface area is 89.3 Å². The molecule has 0 bridgehead atoms. The molecule has 1 atom stereocenters. The molecule has 1 aromatic carbocycles. The lowest BCUT2D eigenvalue weighted by atomic mass is 9.75. The number of para-hydroxylation sites is 1. The molecule has 2 heteroatoms. The van der Waals surface area contributed by atoms with E-state index in [0.717, 1.165) is 12.1 Å². The Balaban J connectivity index is 2.12. The SMILES string of the molecule is CC1(C)NCC1c1coc2ccccc12. The van der Waals surface area contributed by atoms with Crippen molar-refractivity contribution in [3.63, 3.8) is 0 Å². The van der Waals surface area contributed by atoms with E-state index in [1.807, 2.05) is 18.4 Å². The van der Waals surface area contributed by atoms with Gasteiger partial charge in [-0.05, 0) is 19.9 Å². The van der Waals surface area contributed by atoms with Gasteiger partial charge in [-0.2, -0.15) is 0 Å². The van der Waals surface area contributed by atoms with Gasteiger partial charge in [-0.3, -0.25) is 0 Å². The molecule has 78 valence electrons. The third-order valence-electron chi connectivity index (χ3n) is 3.52. The zero-order valence-corrected chi connectivity index (χ0v) is 9.08. The Morgan fingerprint density at radius 3 is 2.80 bits per heavy atom. The Bertz CT molecular complexity index is 498. The van der Waals surface area contributed by atoms with Crippen LogP contribution >= 0.6 is 0 Å². The number of fused-ring (bicyclic) bond motifs is 1. The summed E-state index contributed by atoms with van der Waals surface area (Å²) < 4.78 is 5.57. The van der Waals surface area contributed by atoms with Crippen LogP contribution in [0.25, 0.3) is 11.0 Å². The minimum absolute atomic E-state index is 0.201. The van der Waals surface area contributed by atoms with Gasteiger partial charge < -0.3 is 9.73 Å². The summed E-state index contributed by atoms with van der Waals surface area (Å²) in [4.78, 5) is 0. The number of benzene rings is 1. The highest BCUT2D eigenvalue weighted by molar-refractivity contribution is 5.81. The molecule has 1 aliphatic rings. The standard InChI is InChI=1S/C13H15NO/c1-13(2)11(7-14-13)10-8-15-12-6-4-3-5-9(10)12/h3-6,8,11,14H,7H2,1-2H3. The number of hydrogen-bond donors (Lipinski definition) is 1. The summed E-state index contributed by atoms with van der Waals surface area (Å²) in [7, 11) is 0. The molecule has 0 spiro atoms. The van der Waals surface area contributed by atoms with E-state index in [9.17, 15) is 0 Å². The summed E-state index contributed by atoms with van der Waals surface area (Å²) in [6.45, 7) is 5.53. The second-order valence-electron chi connectivity index (χ2n) is 4.84. The molecule has 1 unspecified atom stereocenters. The van der Waals surface area contributed by atoms with Gasteiger partial charge in [0.05, 0.1) is 6.26 Å². The van der Waals surface area contributed by atoms with Crippen LogP contribution in [0.4, 0.5) is 0 Å². The maximum atomic E-state index is 5.57. The zero-order valence-electron chi connectivity index (χ0n) is 9.08. The third-order valence-corrected chi connectivity index (χ3v) is 3.52. The van der Waals surface area contributed by atoms with E-state index in [1.165, 1.54) is 10.9 Å². The van der Waals surface area contributed by atoms with Gasteiger partial charge in [0.1, 0.15) is 5.58 Å². The van der Waals surface area contributed by atoms with Crippen molar-refractivity contribution in [1.29, 1.82) is 0 Å². The zero-order chi connectivity index (χ0) is 10.5. The fourth-order valence-corrected chi connectivity index (χ4v) is 2.38. The van der Waals surface area contributed by atoms with Crippen LogP contribution in [0.1, 0.15) is 25.3 Å². The Kier molecular flexibility index (Phi) is 1.71. The van der Waals surface area contributed by atoms with Crippen LogP contribution in [0.3, 0.4) is 0 Å². The molecular formula is C13H15NO. The minimum atomic E-state index is 0.201. The van der Waals surface area contributed by atoms with Crippen LogP contribution in [0.2, 0.25) is 0 Å². The lowest BCUT2D eigenvalue weighted by molar-refractivity contribution is 0.208. The molecule has 2 nitrogen and oxygen atoms in total. The van der Waals surface area contributed by atoms with Gasteiger partial charge in [0.25, 0.3) is 0 Å². The van der Waals surface area contributed by atoms with E-state index in [4.69, 9.17) is 4.42 Å². The van der Waals surface area contributed by atoms with Crippen LogP contribution in [-0.4, -0.2) is 12.1 Å². The molecule has 1 aromatic heterocycles. The maximum Gasteiger partial charge on any atom is 0.134 e. The molecule has 2 aromatic rings. The molecule has 1 saturated heterocycles. The normalized spacial score (nSPS) is 24.0. The Morgan fingerprint density at radius 2 is 2.13 bits per heavy atom. The maximum absolute atomic E-state index is 5.57. The van der Waals surface area contributed by atoms with Crippen molar-refractivity contribution >= 4 is 11.0 Å². The molecule has 0 saturated carbocycles. The number of rotatable bonds is 1. The molecule has 15 heavy (non-hydrogen) atoms. The fourth-order valence-electron chi connectivity index (χ4n) is 2.38. The molecule has 1 aliphatic heterocycles. The van der Waals surface area contributed by atoms with Gasteiger partial charge in [-0.1, -0.05) is 18.2 Å². The second-order valence-corrected chi connectivity index (χ2v) is 4.84. The summed E-state index contributed by atoms with van der Waals surface area (Å²) in [5, 5.41) is 4.71. The van der Waals surface area contributed by atoms with Gasteiger partial charge in [0, 0.05) is 29.0 Å². The summed E-state index contributed by atoms with van der Waals surface area (Å²) >= 11 is 0. The van der Waals surface area contributed by atoms with Crippen molar-refractivity contribution in [3.05, 3.63) is 36.1 Å². The molecule has 0 radical (unpaired) electrons. The molecule has 0 aliphatic carbocycles. The third kappa shape index (κ3) is 1.21. The van der Waals surface area contributed by atoms with Crippen molar-refractivity contribution in [2.45, 2.75) is 25.3 Å². The number of furan rings is 1. The summed E-state index contributed by atoms with van der Waals surface area (Å²) in [5.41, 5.74) is 2.54. The highest BCUT2D eigenvalue weighted by Crippen LogP contribution is 2.38. The lowest BCUT2D eigenvalue weighted by Crippen LogP contribution is -2.59. The van der Waals surface area contributed by atoms with E-state index in [1.54, 1.807) is 0 Å². The van der Waals surface area contributed by atoms with Crippen molar-refractivity contribution in [2.24, 2.45) is 0 Å². The predicted octanol–water partition coefficient (Wildman–Crippen LogP) is 2.90. The van der Waals surface area contributed by atoms with Crippen LogP contribution in [0.15, 0.2) is 34.9 Å². The minimum Gasteiger partial charge on any atom is -0.464 e. The fraction of sp³-hybridized carbons (Fsp3) is 0.385. The Hall–Kier alpha value is -1.28. The molecular weight excluding hydrogens is 186 g/mol. The average molecular weight is 201 g/mol. The molecule has 0 amide bonds. The monoisotopic (exact) mass is 201 g/mol. The van der Waals surface area contributed by atoms with Gasteiger partial charge in [0.15, 0.2) is 0 Å². The highest BCUT2D eigenvalue weighted by atomic mass is 16.3. The van der Waals surface area contributed by atoms with Crippen LogP contribution in [0.5, 0.6) is 0 Å². The predicted molar refractivity (Wildman–Crippen MR) is 61.0 cm³/mol. The summed E-state index contributed by atoms with van der Waals surface area (Å²) in [6, 6.07) is 8.25. The first-order chi connectivity index (χ1) is 7.18. The average Bonchev–Trinajstić information content (AvgIpc) is 2.61. The quantitative estimate of drug-likeness (QED) is 0.767. The molecule has 2 heterocycles. The van der Waals surface area contributed by atoms with Crippen molar-refractivity contribution in [2.75, 3.05) is 6.54 Å². The lowest BCUT2D eigenvalue weighted by Gasteiger charge is -2.45. The van der Waals surface area contributed by atoms with E-state index in [2.05, 4.69) is 31.3 Å². The van der Waals surface area contributed by atoms with E-state index >= 15 is 0 Å². The molecule has 1 fully saturated rings. The second kappa shape index (κ2) is 2.86. The molecule has 3 rings (SSSR count). The van der Waals surface area contributed by atoms with Crippen molar-refractivity contribution < 1.29 is 4.42 Å². The van der Waals surface area contributed by atoms with E-state index in [0.29, 0.717) is 5.92 Å². The van der Waals surface area contributed by atoms with Crippen LogP contribution in [0, 0.1) is 0 Å². The van der Waals surface area contributed by atoms with Gasteiger partial charge in [0.2, 0.25) is 0 Å². The topological polar surface area (TPSA) is 25.2 Å². The van der Waals surface area contributed by atoms with Gasteiger partial charge >= 0.3 is 0 Å². The number of nitrogens with one attached hydrogen (secondary N) is 1. The van der Waals surface area contributed by atoms with Crippen LogP contribution < -0.4 is 5.32 Å². The Morgan fingerprint density at radius 1 is 1.33 bits per heavy atom. The van der Waals surface area contributed by atoms with Crippen LogP contribution in [-0.2, 0) is 0 Å². The van der Waals surface area contributed by atoms with E-state index in [-0.39, 0.29) is 5.54 Å². The first kappa shape index (κ1) is 8.98. The van der Waals surface area contributed by atoms with Gasteiger partial charge in [-0.15, -0.1) is 0 Å². The first-order valence-corrected chi connectivity index (χ1v) is 5.40. The van der Waals surface area contributed by atoms with Gasteiger partial charge in [-0.25, -0.2) is 0 Å². The number of hydrogen-bond acceptors (Lipinski definition) is 2. The van der Waals surface area contributed by atoms with E-state index < -0.39 is 0 Å². The van der Waals surface area contributed by atoms with Crippen molar-refractivity contribution in [1.82, 2.24) is 5.32 Å². The first-order valence-electron chi connectivity index (χ1n) is 5.40.